The Morgan fingerprint density at radius 1 is 1.12 bits per heavy atom. The van der Waals surface area contributed by atoms with Gasteiger partial charge in [0.2, 0.25) is 5.78 Å². The molecule has 0 amide bonds. The number of rotatable bonds is 5. The predicted octanol–water partition coefficient (Wildman–Crippen LogP) is 3.04. The van der Waals surface area contributed by atoms with Crippen molar-refractivity contribution in [2.24, 2.45) is 0 Å². The van der Waals surface area contributed by atoms with Gasteiger partial charge in [-0.3, -0.25) is 4.79 Å². The minimum absolute atomic E-state index is 0.153. The van der Waals surface area contributed by atoms with Gasteiger partial charge in [0, 0.05) is 6.07 Å². The van der Waals surface area contributed by atoms with E-state index in [1.807, 2.05) is 6.92 Å². The molecule has 7 heteroatoms. The maximum Gasteiger partial charge on any atom is 0.306 e. The van der Waals surface area contributed by atoms with Crippen LogP contribution in [0.2, 0.25) is 0 Å². The Bertz CT molecular complexity index is 959. The van der Waals surface area contributed by atoms with Gasteiger partial charge >= 0.3 is 10.1 Å². The highest BCUT2D eigenvalue weighted by molar-refractivity contribution is 7.86. The van der Waals surface area contributed by atoms with Gasteiger partial charge in [0.25, 0.3) is 0 Å². The van der Waals surface area contributed by atoms with Crippen molar-refractivity contribution in [3.8, 4) is 17.2 Å². The summed E-state index contributed by atoms with van der Waals surface area (Å²) < 4.78 is 38.3. The minimum atomic E-state index is -3.62. The van der Waals surface area contributed by atoms with Gasteiger partial charge in [0.05, 0.1) is 18.4 Å². The Balaban J connectivity index is 1.88. The second kappa shape index (κ2) is 6.60. The van der Waals surface area contributed by atoms with Crippen LogP contribution in [0.15, 0.2) is 48.2 Å². The number of ketones is 1. The number of Topliss-reactive ketones (excluding diaryl/α,β-unsaturated/α-hetero) is 1. The second-order valence-corrected chi connectivity index (χ2v) is 6.97. The molecule has 0 N–H and O–H groups in total. The van der Waals surface area contributed by atoms with Crippen LogP contribution < -0.4 is 13.7 Å². The van der Waals surface area contributed by atoms with E-state index < -0.39 is 10.1 Å². The zero-order valence-corrected chi connectivity index (χ0v) is 14.5. The van der Waals surface area contributed by atoms with Crippen molar-refractivity contribution in [3.63, 3.8) is 0 Å². The van der Waals surface area contributed by atoms with E-state index in [1.165, 1.54) is 18.2 Å². The lowest BCUT2D eigenvalue weighted by atomic mass is 10.1. The molecule has 2 aromatic rings. The first-order valence-electron chi connectivity index (χ1n) is 7.56. The number of benzene rings is 2. The number of carbonyl (C=O) groups is 1. The van der Waals surface area contributed by atoms with E-state index in [9.17, 15) is 13.2 Å². The summed E-state index contributed by atoms with van der Waals surface area (Å²) in [5, 5.41) is 0. The van der Waals surface area contributed by atoms with Crippen LogP contribution in [0.5, 0.6) is 17.2 Å². The van der Waals surface area contributed by atoms with Crippen LogP contribution in [-0.2, 0) is 10.1 Å². The predicted molar refractivity (Wildman–Crippen MR) is 92.5 cm³/mol. The van der Waals surface area contributed by atoms with Crippen LogP contribution >= 0.6 is 0 Å². The van der Waals surface area contributed by atoms with E-state index in [0.29, 0.717) is 29.2 Å². The lowest BCUT2D eigenvalue weighted by Gasteiger charge is -2.04. The van der Waals surface area contributed by atoms with Crippen molar-refractivity contribution in [2.45, 2.75) is 6.92 Å². The molecule has 0 saturated heterocycles. The van der Waals surface area contributed by atoms with Gasteiger partial charge in [-0.15, -0.1) is 0 Å². The highest BCUT2D eigenvalue weighted by atomic mass is 32.2. The molecule has 0 bridgehead atoms. The highest BCUT2D eigenvalue weighted by Crippen LogP contribution is 2.35. The van der Waals surface area contributed by atoms with Crippen LogP contribution in [0.1, 0.15) is 22.8 Å². The number of hydrogen-bond acceptors (Lipinski definition) is 6. The molecule has 6 nitrogen and oxygen atoms in total. The number of fused-ring (bicyclic) bond motifs is 1. The van der Waals surface area contributed by atoms with E-state index in [2.05, 4.69) is 0 Å². The van der Waals surface area contributed by atoms with Gasteiger partial charge in [-0.1, -0.05) is 12.1 Å². The molecule has 0 atom stereocenters. The molecular formula is C18H16O6S. The van der Waals surface area contributed by atoms with Gasteiger partial charge < -0.3 is 13.7 Å². The Labute approximate surface area is 145 Å². The Morgan fingerprint density at radius 3 is 2.64 bits per heavy atom. The molecule has 0 fully saturated rings. The third-order valence-corrected chi connectivity index (χ3v) is 3.85. The van der Waals surface area contributed by atoms with Gasteiger partial charge in [-0.2, -0.15) is 8.42 Å². The zero-order chi connectivity index (χ0) is 18.0. The molecule has 0 saturated carbocycles. The minimum Gasteiger partial charge on any atom is -0.494 e. The molecule has 25 heavy (non-hydrogen) atoms. The summed E-state index contributed by atoms with van der Waals surface area (Å²) in [6, 6.07) is 11.4. The molecule has 1 aliphatic heterocycles. The number of hydrogen-bond donors (Lipinski definition) is 0. The van der Waals surface area contributed by atoms with Crippen molar-refractivity contribution in [3.05, 3.63) is 59.4 Å². The number of allylic oxidation sites excluding steroid dienone is 1. The number of carbonyl (C=O) groups excluding carboxylic acids is 1. The van der Waals surface area contributed by atoms with Crippen LogP contribution in [0.4, 0.5) is 0 Å². The summed E-state index contributed by atoms with van der Waals surface area (Å²) in [5.74, 6) is 1.13. The quantitative estimate of drug-likeness (QED) is 0.602. The monoisotopic (exact) mass is 360 g/mol. The van der Waals surface area contributed by atoms with Crippen LogP contribution in [0.25, 0.3) is 6.08 Å². The summed E-state index contributed by atoms with van der Waals surface area (Å²) in [5.41, 5.74) is 1.04. The fourth-order valence-electron chi connectivity index (χ4n) is 2.41. The lowest BCUT2D eigenvalue weighted by Crippen LogP contribution is -2.05. The van der Waals surface area contributed by atoms with E-state index in [4.69, 9.17) is 13.7 Å². The maximum atomic E-state index is 12.4. The fourth-order valence-corrected chi connectivity index (χ4v) is 2.86. The smallest absolute Gasteiger partial charge is 0.306 e. The third kappa shape index (κ3) is 4.00. The van der Waals surface area contributed by atoms with Crippen molar-refractivity contribution >= 4 is 22.0 Å². The van der Waals surface area contributed by atoms with Crippen molar-refractivity contribution in [2.75, 3.05) is 12.9 Å². The molecule has 1 aliphatic rings. The fraction of sp³-hybridized carbons (Fsp3) is 0.167. The van der Waals surface area contributed by atoms with E-state index in [0.717, 1.165) is 6.26 Å². The van der Waals surface area contributed by atoms with E-state index >= 15 is 0 Å². The summed E-state index contributed by atoms with van der Waals surface area (Å²) in [6.07, 6.45) is 2.51. The second-order valence-electron chi connectivity index (χ2n) is 5.39. The van der Waals surface area contributed by atoms with E-state index in [1.54, 1.807) is 30.3 Å². The van der Waals surface area contributed by atoms with Gasteiger partial charge in [0.15, 0.2) is 5.76 Å². The molecule has 0 aliphatic carbocycles. The van der Waals surface area contributed by atoms with Gasteiger partial charge in [-0.25, -0.2) is 0 Å². The van der Waals surface area contributed by atoms with Crippen LogP contribution in [0.3, 0.4) is 0 Å². The first-order valence-corrected chi connectivity index (χ1v) is 9.38. The first-order chi connectivity index (χ1) is 11.9. The van der Waals surface area contributed by atoms with Gasteiger partial charge in [-0.05, 0) is 42.8 Å². The first kappa shape index (κ1) is 17.0. The maximum absolute atomic E-state index is 12.4. The molecular weight excluding hydrogens is 344 g/mol. The molecule has 1 heterocycles. The van der Waals surface area contributed by atoms with Gasteiger partial charge in [0.1, 0.15) is 17.2 Å². The zero-order valence-electron chi connectivity index (χ0n) is 13.7. The molecule has 0 aromatic heterocycles. The summed E-state index contributed by atoms with van der Waals surface area (Å²) in [7, 11) is -3.62. The average Bonchev–Trinajstić information content (AvgIpc) is 2.82. The average molecular weight is 360 g/mol. The largest absolute Gasteiger partial charge is 0.494 e. The molecule has 2 aromatic carbocycles. The molecule has 0 spiro atoms. The van der Waals surface area contributed by atoms with Crippen molar-refractivity contribution < 1.29 is 26.9 Å². The molecule has 0 radical (unpaired) electrons. The number of ether oxygens (including phenoxy) is 2. The Kier molecular flexibility index (Phi) is 4.50. The third-order valence-electron chi connectivity index (χ3n) is 3.36. The van der Waals surface area contributed by atoms with Crippen LogP contribution in [0, 0.1) is 0 Å². The summed E-state index contributed by atoms with van der Waals surface area (Å²) in [4.78, 5) is 12.4. The van der Waals surface area contributed by atoms with E-state index in [-0.39, 0.29) is 17.3 Å². The van der Waals surface area contributed by atoms with Crippen molar-refractivity contribution in [1.29, 1.82) is 0 Å². The molecule has 0 unspecified atom stereocenters. The SMILES string of the molecule is CCOc1ccc2c(c1)O/C(=C\c1cccc(OS(C)(=O)=O)c1)C2=O. The lowest BCUT2D eigenvalue weighted by molar-refractivity contribution is 0.101. The standard InChI is InChI=1S/C18H16O6S/c1-3-22-13-7-8-15-16(11-13)23-17(18(15)19)10-12-5-4-6-14(9-12)24-25(2,20)21/h4-11H,3H2,1-2H3/b17-10-. The summed E-state index contributed by atoms with van der Waals surface area (Å²) >= 11 is 0. The Morgan fingerprint density at radius 2 is 1.92 bits per heavy atom. The Hall–Kier alpha value is -2.80. The topological polar surface area (TPSA) is 78.9 Å². The van der Waals surface area contributed by atoms with Crippen LogP contribution in [-0.4, -0.2) is 27.1 Å². The molecule has 130 valence electrons. The molecule has 3 rings (SSSR count). The highest BCUT2D eigenvalue weighted by Gasteiger charge is 2.27. The van der Waals surface area contributed by atoms with Crippen molar-refractivity contribution in [1.82, 2.24) is 0 Å². The summed E-state index contributed by atoms with van der Waals surface area (Å²) in [6.45, 7) is 2.39. The normalized spacial score (nSPS) is 15.0.